The molecule has 2 N–H and O–H groups in total. The highest BCUT2D eigenvalue weighted by molar-refractivity contribution is 5.94. The van der Waals surface area contributed by atoms with Crippen molar-refractivity contribution in [3.63, 3.8) is 0 Å². The number of aliphatic carboxylic acids is 1. The van der Waals surface area contributed by atoms with Crippen molar-refractivity contribution in [3.05, 3.63) is 42.1 Å². The van der Waals surface area contributed by atoms with Gasteiger partial charge in [0, 0.05) is 18.7 Å². The van der Waals surface area contributed by atoms with Gasteiger partial charge >= 0.3 is 5.97 Å². The Kier molecular flexibility index (Phi) is 3.90. The van der Waals surface area contributed by atoms with Gasteiger partial charge in [0.2, 0.25) is 0 Å². The van der Waals surface area contributed by atoms with E-state index in [4.69, 9.17) is 0 Å². The topological polar surface area (TPSA) is 86.3 Å². The number of nitrogens with zero attached hydrogens (tertiary/aromatic N) is 2. The standard InChI is InChI=1S/C17H19N3O3/c1-17(16(22)23)8-5-9-20(11-17)15(21)14-10-13(18-19-14)12-6-3-2-4-7-12/h2-4,6-7,10H,5,8-9,11H2,1H3,(H,18,19)(H,22,23). The number of likely N-dealkylation sites (tertiary alicyclic amines) is 1. The van der Waals surface area contributed by atoms with Crippen LogP contribution >= 0.6 is 0 Å². The fourth-order valence-electron chi connectivity index (χ4n) is 2.95. The molecule has 120 valence electrons. The molecule has 6 heteroatoms. The number of carbonyl (C=O) groups excluding carboxylic acids is 1. The monoisotopic (exact) mass is 313 g/mol. The first-order valence-electron chi connectivity index (χ1n) is 7.63. The van der Waals surface area contributed by atoms with Crippen LogP contribution in [0.2, 0.25) is 0 Å². The molecule has 0 aliphatic carbocycles. The van der Waals surface area contributed by atoms with Crippen molar-refractivity contribution in [2.75, 3.05) is 13.1 Å². The maximum Gasteiger partial charge on any atom is 0.311 e. The summed E-state index contributed by atoms with van der Waals surface area (Å²) in [7, 11) is 0. The highest BCUT2D eigenvalue weighted by Gasteiger charge is 2.39. The molecule has 1 unspecified atom stereocenters. The molecular formula is C17H19N3O3. The average molecular weight is 313 g/mol. The number of H-pyrrole nitrogens is 1. The van der Waals surface area contributed by atoms with Gasteiger partial charge in [-0.3, -0.25) is 14.7 Å². The summed E-state index contributed by atoms with van der Waals surface area (Å²) >= 11 is 0. The normalized spacial score (nSPS) is 21.2. The van der Waals surface area contributed by atoms with Gasteiger partial charge < -0.3 is 10.0 Å². The first-order valence-corrected chi connectivity index (χ1v) is 7.63. The van der Waals surface area contributed by atoms with Crippen molar-refractivity contribution in [2.24, 2.45) is 5.41 Å². The van der Waals surface area contributed by atoms with Crippen molar-refractivity contribution >= 4 is 11.9 Å². The fourth-order valence-corrected chi connectivity index (χ4v) is 2.95. The molecule has 0 bridgehead atoms. The Morgan fingerprint density at radius 3 is 2.74 bits per heavy atom. The van der Waals surface area contributed by atoms with Crippen LogP contribution in [0.1, 0.15) is 30.3 Å². The van der Waals surface area contributed by atoms with Crippen LogP contribution in [0.25, 0.3) is 11.3 Å². The molecule has 6 nitrogen and oxygen atoms in total. The largest absolute Gasteiger partial charge is 0.481 e. The zero-order valence-corrected chi connectivity index (χ0v) is 13.0. The van der Waals surface area contributed by atoms with E-state index in [1.54, 1.807) is 17.9 Å². The second-order valence-corrected chi connectivity index (χ2v) is 6.23. The average Bonchev–Trinajstić information content (AvgIpc) is 3.05. The van der Waals surface area contributed by atoms with E-state index in [1.807, 2.05) is 30.3 Å². The van der Waals surface area contributed by atoms with E-state index >= 15 is 0 Å². The van der Waals surface area contributed by atoms with Gasteiger partial charge in [-0.25, -0.2) is 0 Å². The molecule has 1 saturated heterocycles. The van der Waals surface area contributed by atoms with Crippen LogP contribution in [0.15, 0.2) is 36.4 Å². The summed E-state index contributed by atoms with van der Waals surface area (Å²) in [4.78, 5) is 25.6. The van der Waals surface area contributed by atoms with Crippen LogP contribution in [-0.4, -0.2) is 45.2 Å². The van der Waals surface area contributed by atoms with Gasteiger partial charge in [-0.05, 0) is 25.8 Å². The summed E-state index contributed by atoms with van der Waals surface area (Å²) in [5.41, 5.74) is 1.14. The van der Waals surface area contributed by atoms with E-state index in [-0.39, 0.29) is 12.5 Å². The molecule has 1 atom stereocenters. The molecule has 1 aliphatic heterocycles. The van der Waals surface area contributed by atoms with Crippen LogP contribution in [0.4, 0.5) is 0 Å². The number of hydrogen-bond donors (Lipinski definition) is 2. The molecule has 0 saturated carbocycles. The van der Waals surface area contributed by atoms with Gasteiger partial charge in [0.05, 0.1) is 11.1 Å². The van der Waals surface area contributed by atoms with Crippen LogP contribution < -0.4 is 0 Å². The highest BCUT2D eigenvalue weighted by atomic mass is 16.4. The third-order valence-electron chi connectivity index (χ3n) is 4.38. The summed E-state index contributed by atoms with van der Waals surface area (Å²) < 4.78 is 0. The Bertz CT molecular complexity index is 726. The zero-order valence-electron chi connectivity index (χ0n) is 13.0. The van der Waals surface area contributed by atoms with Gasteiger partial charge in [0.15, 0.2) is 0 Å². The van der Waals surface area contributed by atoms with Crippen LogP contribution in [-0.2, 0) is 4.79 Å². The van der Waals surface area contributed by atoms with Crippen molar-refractivity contribution in [1.82, 2.24) is 15.1 Å². The van der Waals surface area contributed by atoms with Crippen molar-refractivity contribution in [3.8, 4) is 11.3 Å². The summed E-state index contributed by atoms with van der Waals surface area (Å²) in [6, 6.07) is 11.3. The number of carbonyl (C=O) groups is 2. The number of piperidine rings is 1. The Hall–Kier alpha value is -2.63. The van der Waals surface area contributed by atoms with E-state index in [1.165, 1.54) is 0 Å². The maximum atomic E-state index is 12.6. The highest BCUT2D eigenvalue weighted by Crippen LogP contribution is 2.30. The smallest absolute Gasteiger partial charge is 0.311 e. The van der Waals surface area contributed by atoms with E-state index in [0.29, 0.717) is 30.8 Å². The molecule has 1 aromatic heterocycles. The Labute approximate surface area is 134 Å². The van der Waals surface area contributed by atoms with Crippen molar-refractivity contribution in [1.29, 1.82) is 0 Å². The van der Waals surface area contributed by atoms with E-state index in [2.05, 4.69) is 10.2 Å². The van der Waals surface area contributed by atoms with E-state index in [9.17, 15) is 14.7 Å². The number of carboxylic acids is 1. The number of carboxylic acid groups (broad SMARTS) is 1. The van der Waals surface area contributed by atoms with Gasteiger partial charge in [0.25, 0.3) is 5.91 Å². The molecule has 1 amide bonds. The molecule has 0 radical (unpaired) electrons. The fraction of sp³-hybridized carbons (Fsp3) is 0.353. The SMILES string of the molecule is CC1(C(=O)O)CCCN(C(=O)c2cc(-c3ccccc3)n[nH]2)C1. The quantitative estimate of drug-likeness (QED) is 0.911. The number of amides is 1. The lowest BCUT2D eigenvalue weighted by Gasteiger charge is -2.37. The summed E-state index contributed by atoms with van der Waals surface area (Å²) in [6.45, 7) is 2.49. The van der Waals surface area contributed by atoms with Crippen molar-refractivity contribution in [2.45, 2.75) is 19.8 Å². The Morgan fingerprint density at radius 1 is 1.30 bits per heavy atom. The van der Waals surface area contributed by atoms with Gasteiger partial charge in [-0.1, -0.05) is 30.3 Å². The third kappa shape index (κ3) is 2.97. The number of nitrogens with one attached hydrogen (secondary N) is 1. The van der Waals surface area contributed by atoms with Crippen LogP contribution in [0.5, 0.6) is 0 Å². The molecule has 2 heterocycles. The minimum atomic E-state index is -0.879. The van der Waals surface area contributed by atoms with Crippen LogP contribution in [0, 0.1) is 5.41 Å². The molecule has 1 aliphatic rings. The summed E-state index contributed by atoms with van der Waals surface area (Å²) in [5, 5.41) is 16.3. The first-order chi connectivity index (χ1) is 11.0. The lowest BCUT2D eigenvalue weighted by molar-refractivity contribution is -0.150. The van der Waals surface area contributed by atoms with Crippen molar-refractivity contribution < 1.29 is 14.7 Å². The Morgan fingerprint density at radius 2 is 2.04 bits per heavy atom. The molecule has 1 aromatic carbocycles. The number of aromatic nitrogens is 2. The lowest BCUT2D eigenvalue weighted by atomic mass is 9.82. The maximum absolute atomic E-state index is 12.6. The second kappa shape index (κ2) is 5.87. The van der Waals surface area contributed by atoms with Gasteiger partial charge in [-0.2, -0.15) is 5.10 Å². The first kappa shape index (κ1) is 15.3. The van der Waals surface area contributed by atoms with Gasteiger partial charge in [0.1, 0.15) is 5.69 Å². The molecule has 3 rings (SSSR count). The van der Waals surface area contributed by atoms with Crippen LogP contribution in [0.3, 0.4) is 0 Å². The van der Waals surface area contributed by atoms with Gasteiger partial charge in [-0.15, -0.1) is 0 Å². The number of aromatic amines is 1. The number of hydrogen-bond acceptors (Lipinski definition) is 3. The predicted molar refractivity (Wildman–Crippen MR) is 84.9 cm³/mol. The zero-order chi connectivity index (χ0) is 16.4. The molecule has 2 aromatic rings. The van der Waals surface area contributed by atoms with E-state index < -0.39 is 11.4 Å². The van der Waals surface area contributed by atoms with E-state index in [0.717, 1.165) is 5.56 Å². The molecular weight excluding hydrogens is 294 g/mol. The minimum Gasteiger partial charge on any atom is -0.481 e. The molecule has 23 heavy (non-hydrogen) atoms. The minimum absolute atomic E-state index is 0.202. The molecule has 0 spiro atoms. The summed E-state index contributed by atoms with van der Waals surface area (Å²) in [5.74, 6) is -1.06. The predicted octanol–water partition coefficient (Wildman–Crippen LogP) is 2.40. The molecule has 1 fully saturated rings. The third-order valence-corrected chi connectivity index (χ3v) is 4.38. The number of benzene rings is 1. The Balaban J connectivity index is 1.79. The summed E-state index contributed by atoms with van der Waals surface area (Å²) in [6.07, 6.45) is 1.28. The number of rotatable bonds is 3. The lowest BCUT2D eigenvalue weighted by Crippen LogP contribution is -2.48. The second-order valence-electron chi connectivity index (χ2n) is 6.23.